The van der Waals surface area contributed by atoms with Crippen molar-refractivity contribution in [3.63, 3.8) is 0 Å². The number of aryl methyl sites for hydroxylation is 4. The number of thiazole rings is 1. The van der Waals surface area contributed by atoms with Gasteiger partial charge in [-0.05, 0) is 245 Å². The van der Waals surface area contributed by atoms with Crippen molar-refractivity contribution in [2.75, 3.05) is 109 Å². The lowest BCUT2D eigenvalue weighted by Crippen LogP contribution is -2.30. The number of fused-ring (bicyclic) bond motifs is 5. The van der Waals surface area contributed by atoms with Crippen LogP contribution >= 0.6 is 11.3 Å². The number of hydrogen-bond acceptors (Lipinski definition) is 20. The predicted molar refractivity (Wildman–Crippen MR) is 462 cm³/mol. The molecule has 24 heteroatoms. The van der Waals surface area contributed by atoms with Gasteiger partial charge in [-0.3, -0.25) is 41.7 Å². The lowest BCUT2D eigenvalue weighted by atomic mass is 9.97. The summed E-state index contributed by atoms with van der Waals surface area (Å²) in [6.45, 7) is 16.0. The number of aromatic nitrogens is 9. The second-order valence-electron chi connectivity index (χ2n) is 29.9. The zero-order valence-corrected chi connectivity index (χ0v) is 68.4. The summed E-state index contributed by atoms with van der Waals surface area (Å²) < 4.78 is 39.7. The lowest BCUT2D eigenvalue weighted by Gasteiger charge is -2.26. The molecular formula is C92H95N13O10S. The molecule has 116 heavy (non-hydrogen) atoms. The number of likely N-dealkylation sites (N-methyl/N-ethyl adjacent to an activating group) is 2. The van der Waals surface area contributed by atoms with Gasteiger partial charge in [0.15, 0.2) is 34.5 Å². The Hall–Kier alpha value is -12.2. The van der Waals surface area contributed by atoms with E-state index in [1.54, 1.807) is 95.9 Å². The van der Waals surface area contributed by atoms with Crippen LogP contribution in [0.4, 0.5) is 0 Å². The molecule has 0 saturated heterocycles. The van der Waals surface area contributed by atoms with Gasteiger partial charge in [-0.1, -0.05) is 30.4 Å². The van der Waals surface area contributed by atoms with Crippen LogP contribution in [0.5, 0.6) is 34.5 Å². The molecule has 18 rings (SSSR count). The van der Waals surface area contributed by atoms with Gasteiger partial charge in [0, 0.05) is 123 Å². The number of methoxy groups -OCH3 is 6. The van der Waals surface area contributed by atoms with Crippen molar-refractivity contribution in [2.24, 2.45) is 0 Å². The number of benzene rings is 4. The van der Waals surface area contributed by atoms with Crippen molar-refractivity contribution >= 4 is 66.4 Å². The molecule has 23 nitrogen and oxygen atoms in total. The highest BCUT2D eigenvalue weighted by atomic mass is 32.1. The summed E-state index contributed by atoms with van der Waals surface area (Å²) in [7, 11) is 13.8. The molecule has 13 heterocycles. The van der Waals surface area contributed by atoms with E-state index in [4.69, 9.17) is 48.4 Å². The van der Waals surface area contributed by atoms with E-state index in [1.165, 1.54) is 35.1 Å². The topological polar surface area (TPSA) is 228 Å². The van der Waals surface area contributed by atoms with Crippen molar-refractivity contribution < 1.29 is 28.4 Å². The van der Waals surface area contributed by atoms with Crippen molar-refractivity contribution in [3.8, 4) is 79.5 Å². The molecule has 0 unspecified atom stereocenters. The number of nitrogens with one attached hydrogen (secondary N) is 1. The summed E-state index contributed by atoms with van der Waals surface area (Å²) in [5.74, 6) is 3.74. The molecule has 0 bridgehead atoms. The summed E-state index contributed by atoms with van der Waals surface area (Å²) in [5.41, 5.74) is 22.0. The molecule has 594 valence electrons. The van der Waals surface area contributed by atoms with Crippen LogP contribution in [-0.2, 0) is 0 Å². The highest BCUT2D eigenvalue weighted by molar-refractivity contribution is 7.18. The summed E-state index contributed by atoms with van der Waals surface area (Å²) >= 11 is 1.65. The first-order chi connectivity index (χ1) is 56.2. The predicted octanol–water partition coefficient (Wildman–Crippen LogP) is 14.4. The summed E-state index contributed by atoms with van der Waals surface area (Å²) in [6.07, 6.45) is 23.3. The maximum atomic E-state index is 13.0. The second-order valence-corrected chi connectivity index (χ2v) is 31.1. The fourth-order valence-electron chi connectivity index (χ4n) is 15.4. The van der Waals surface area contributed by atoms with Gasteiger partial charge in [0.05, 0.1) is 80.7 Å². The van der Waals surface area contributed by atoms with E-state index < -0.39 is 0 Å². The molecule has 4 aliphatic heterocycles. The van der Waals surface area contributed by atoms with Crippen molar-refractivity contribution in [3.05, 3.63) is 262 Å². The number of pyridine rings is 4. The second kappa shape index (κ2) is 34.5. The summed E-state index contributed by atoms with van der Waals surface area (Å²) in [4.78, 5) is 82.2. The maximum absolute atomic E-state index is 13.0. The van der Waals surface area contributed by atoms with Gasteiger partial charge < -0.3 is 43.5 Å². The Kier molecular flexibility index (Phi) is 23.5. The summed E-state index contributed by atoms with van der Waals surface area (Å²) in [5, 5.41) is 4.36. The smallest absolute Gasteiger partial charge is 0.258 e. The largest absolute Gasteiger partial charge is 0.493 e. The zero-order chi connectivity index (χ0) is 81.0. The van der Waals surface area contributed by atoms with Gasteiger partial charge in [0.1, 0.15) is 22.6 Å². The van der Waals surface area contributed by atoms with Crippen molar-refractivity contribution in [1.82, 2.24) is 62.5 Å². The molecule has 0 atom stereocenters. The van der Waals surface area contributed by atoms with E-state index in [0.717, 1.165) is 161 Å². The number of rotatable bonds is 15. The van der Waals surface area contributed by atoms with Crippen LogP contribution in [0.1, 0.15) is 82.5 Å². The fourth-order valence-corrected chi connectivity index (χ4v) is 16.3. The zero-order valence-electron chi connectivity index (χ0n) is 67.6. The molecule has 1 N–H and O–H groups in total. The van der Waals surface area contributed by atoms with E-state index in [9.17, 15) is 19.2 Å². The average Bonchev–Trinajstić information content (AvgIpc) is 1.02. The highest BCUT2D eigenvalue weighted by Crippen LogP contribution is 2.38. The summed E-state index contributed by atoms with van der Waals surface area (Å²) in [6, 6.07) is 39.9. The molecule has 4 aromatic carbocycles. The Balaban J connectivity index is 0.000000122. The minimum atomic E-state index is -0.106. The van der Waals surface area contributed by atoms with Crippen molar-refractivity contribution in [2.45, 2.75) is 72.3 Å². The molecule has 13 aromatic rings. The van der Waals surface area contributed by atoms with Gasteiger partial charge in [0.25, 0.3) is 22.2 Å². The molecular weight excluding hydrogens is 1480 g/mol. The van der Waals surface area contributed by atoms with E-state index >= 15 is 0 Å². The Bertz CT molecular complexity index is 6370. The third kappa shape index (κ3) is 17.1. The Morgan fingerprint density at radius 2 is 0.828 bits per heavy atom. The van der Waals surface area contributed by atoms with E-state index in [2.05, 4.69) is 95.4 Å². The number of nitrogens with zero attached hydrogens (tertiary/aromatic N) is 12. The molecule has 0 radical (unpaired) electrons. The Morgan fingerprint density at radius 3 is 1.31 bits per heavy atom. The van der Waals surface area contributed by atoms with Crippen LogP contribution in [0, 0.1) is 27.7 Å². The first kappa shape index (κ1) is 79.1. The molecule has 0 amide bonds. The first-order valence-electron chi connectivity index (χ1n) is 39.0. The SMILES string of the molecule is COc1ccc(-c2cc(=O)n3cc(C4=CCN(C)CC4)c(C)cc3n2)cc1OC.COc1ccc(-c2cc(=O)n3cc(C4=CCN(C5CC5)CC4)cc(C)c3n2)cc1OC.COc1ccc(-c2cc(=O)n3cc(C4=CCNCC4)c(C)cc3n2)cc1OC.Cc1nc2ccc(-c3cc(=O)n4cc(C5=CCN(C)CC5)ccc4n3)cc2s1. The third-order valence-corrected chi connectivity index (χ3v) is 23.0. The monoisotopic (exact) mass is 1570 g/mol. The van der Waals surface area contributed by atoms with E-state index in [-0.39, 0.29) is 22.2 Å². The standard InChI is InChI=1S/C25H27N3O3.C23H25N3O3.C22H20N4OS.C22H23N3O3/c1-16-12-19(17-8-10-27(11-9-17)20-5-6-20)15-28-24(29)14-21(26-25(16)28)18-4-7-22(30-2)23(13-18)31-3;1-15-11-22-24-19(17-5-6-20(28-3)21(12-17)29-4)13-23(27)26(22)14-18(15)16-7-9-25(2)10-8-16;1-14-23-18-5-3-16(11-20(18)28-14)19-12-22(27)26-13-17(4-6-21(26)24-19)15-7-9-25(2)10-8-15;1-14-10-21-24-18(16-4-5-19(27-2)20(11-16)28-3)12-22(26)25(21)13-17(14)15-6-8-23-9-7-15/h4,7-8,12-15,20H,5-6,9-11H2,1-3H3;5-7,11-14H,8-10H2,1-4H3;3-7,11-13H,8-10H2,1-2H3;4-6,10-13,23H,7-9H2,1-3H3. The Morgan fingerprint density at radius 1 is 0.388 bits per heavy atom. The molecule has 1 aliphatic carbocycles. The maximum Gasteiger partial charge on any atom is 0.258 e. The van der Waals surface area contributed by atoms with E-state index in [1.807, 2.05) is 124 Å². The van der Waals surface area contributed by atoms with Gasteiger partial charge in [0.2, 0.25) is 0 Å². The van der Waals surface area contributed by atoms with E-state index in [0.29, 0.717) is 79.9 Å². The van der Waals surface area contributed by atoms with Crippen LogP contribution in [-0.4, -0.2) is 172 Å². The highest BCUT2D eigenvalue weighted by Gasteiger charge is 2.30. The number of hydrogen-bond donors (Lipinski definition) is 1. The van der Waals surface area contributed by atoms with Crippen LogP contribution in [0.25, 0.3) is 100 Å². The minimum Gasteiger partial charge on any atom is -0.493 e. The first-order valence-corrected chi connectivity index (χ1v) is 39.9. The van der Waals surface area contributed by atoms with Crippen LogP contribution < -0.4 is 56.0 Å². The molecule has 5 aliphatic rings. The van der Waals surface area contributed by atoms with Gasteiger partial charge in [-0.25, -0.2) is 24.9 Å². The fraction of sp³-hybridized carbons (Fsp3) is 0.293. The molecule has 9 aromatic heterocycles. The minimum absolute atomic E-state index is 0.0593. The molecule has 1 saturated carbocycles. The van der Waals surface area contributed by atoms with Gasteiger partial charge in [-0.15, -0.1) is 11.3 Å². The normalized spacial score (nSPS) is 15.3. The number of ether oxygens (including phenoxy) is 6. The van der Waals surface area contributed by atoms with Crippen LogP contribution in [0.3, 0.4) is 0 Å². The van der Waals surface area contributed by atoms with Crippen molar-refractivity contribution in [1.29, 1.82) is 0 Å². The van der Waals surface area contributed by atoms with Gasteiger partial charge in [-0.2, -0.15) is 0 Å². The average molecular weight is 1570 g/mol. The quantitative estimate of drug-likeness (QED) is 0.101. The molecule has 1 fully saturated rings. The van der Waals surface area contributed by atoms with Crippen LogP contribution in [0.2, 0.25) is 0 Å². The van der Waals surface area contributed by atoms with Gasteiger partial charge >= 0.3 is 0 Å². The third-order valence-electron chi connectivity index (χ3n) is 22.1. The lowest BCUT2D eigenvalue weighted by molar-refractivity contribution is 0.291. The Labute approximate surface area is 676 Å². The molecule has 0 spiro atoms. The van der Waals surface area contributed by atoms with Crippen LogP contribution in [0.15, 0.2) is 196 Å².